The van der Waals surface area contributed by atoms with E-state index < -0.39 is 0 Å². The summed E-state index contributed by atoms with van der Waals surface area (Å²) in [4.78, 5) is 22.2. The number of carbonyl (C=O) groups excluding carboxylic acids is 2. The Hall–Kier alpha value is -0.360. The summed E-state index contributed by atoms with van der Waals surface area (Å²) < 4.78 is 9.22. The van der Waals surface area contributed by atoms with E-state index in [0.29, 0.717) is 11.5 Å². The van der Waals surface area contributed by atoms with E-state index in [-0.39, 0.29) is 23.8 Å². The molecule has 0 fully saturated rings. The predicted molar refractivity (Wildman–Crippen MR) is 67.3 cm³/mol. The summed E-state index contributed by atoms with van der Waals surface area (Å²) in [7, 11) is 5.91. The minimum Gasteiger partial charge on any atom is -0.469 e. The summed E-state index contributed by atoms with van der Waals surface area (Å²) in [5.41, 5.74) is 0. The van der Waals surface area contributed by atoms with Crippen molar-refractivity contribution < 1.29 is 19.1 Å². The summed E-state index contributed by atoms with van der Waals surface area (Å²) in [5.74, 6) is 0.742. The van der Waals surface area contributed by atoms with Crippen LogP contribution in [0.4, 0.5) is 0 Å². The van der Waals surface area contributed by atoms with Gasteiger partial charge < -0.3 is 9.47 Å². The SMILES string of the molecule is COC(=O)C(C)CSSCC(C)C(=O)OC. The van der Waals surface area contributed by atoms with E-state index in [1.165, 1.54) is 14.2 Å². The average molecular weight is 266 g/mol. The summed E-state index contributed by atoms with van der Waals surface area (Å²) in [5, 5.41) is 0. The molecule has 0 aromatic carbocycles. The number of hydrogen-bond acceptors (Lipinski definition) is 6. The first kappa shape index (κ1) is 15.6. The van der Waals surface area contributed by atoms with Crippen molar-refractivity contribution in [3.05, 3.63) is 0 Å². The molecule has 0 saturated heterocycles. The second kappa shape index (κ2) is 8.75. The molecule has 0 radical (unpaired) electrons. The molecule has 0 amide bonds. The van der Waals surface area contributed by atoms with Crippen LogP contribution in [0.1, 0.15) is 13.8 Å². The van der Waals surface area contributed by atoms with Gasteiger partial charge in [-0.05, 0) is 0 Å². The number of ether oxygens (including phenoxy) is 2. The normalized spacial score (nSPS) is 14.0. The maximum absolute atomic E-state index is 11.1. The van der Waals surface area contributed by atoms with E-state index in [2.05, 4.69) is 9.47 Å². The largest absolute Gasteiger partial charge is 0.469 e. The maximum atomic E-state index is 11.1. The minimum absolute atomic E-state index is 0.115. The molecule has 94 valence electrons. The molecule has 0 rings (SSSR count). The lowest BCUT2D eigenvalue weighted by atomic mass is 10.2. The molecule has 2 unspecified atom stereocenters. The molecule has 0 bridgehead atoms. The van der Waals surface area contributed by atoms with E-state index in [9.17, 15) is 9.59 Å². The van der Waals surface area contributed by atoms with Crippen molar-refractivity contribution in [2.45, 2.75) is 13.8 Å². The summed E-state index contributed by atoms with van der Waals surface area (Å²) in [6.45, 7) is 3.65. The average Bonchev–Trinajstić information content (AvgIpc) is 2.31. The van der Waals surface area contributed by atoms with E-state index >= 15 is 0 Å². The molecule has 0 aliphatic rings. The van der Waals surface area contributed by atoms with Crippen molar-refractivity contribution in [3.63, 3.8) is 0 Å². The van der Waals surface area contributed by atoms with E-state index in [0.717, 1.165) is 0 Å². The first-order chi connectivity index (χ1) is 7.52. The van der Waals surface area contributed by atoms with Crippen LogP contribution < -0.4 is 0 Å². The molecule has 16 heavy (non-hydrogen) atoms. The zero-order valence-electron chi connectivity index (χ0n) is 10.0. The van der Waals surface area contributed by atoms with Crippen LogP contribution in [0.15, 0.2) is 0 Å². The number of hydrogen-bond donors (Lipinski definition) is 0. The second-order valence-corrected chi connectivity index (χ2v) is 5.97. The van der Waals surface area contributed by atoms with Crippen molar-refractivity contribution >= 4 is 33.5 Å². The number of methoxy groups -OCH3 is 2. The first-order valence-corrected chi connectivity index (χ1v) is 7.41. The minimum atomic E-state index is -0.200. The fourth-order valence-corrected chi connectivity index (χ4v) is 3.51. The van der Waals surface area contributed by atoms with E-state index in [1.807, 2.05) is 13.8 Å². The first-order valence-electron chi connectivity index (χ1n) is 4.93. The number of esters is 2. The molecule has 0 spiro atoms. The van der Waals surface area contributed by atoms with Crippen molar-refractivity contribution in [1.29, 1.82) is 0 Å². The fraction of sp³-hybridized carbons (Fsp3) is 0.800. The molecule has 0 aliphatic carbocycles. The lowest BCUT2D eigenvalue weighted by Gasteiger charge is -2.10. The smallest absolute Gasteiger partial charge is 0.309 e. The number of rotatable bonds is 7. The van der Waals surface area contributed by atoms with Crippen molar-refractivity contribution in [2.75, 3.05) is 25.7 Å². The Bertz CT molecular complexity index is 209. The molecular formula is C10H18O4S2. The van der Waals surface area contributed by atoms with Gasteiger partial charge in [0.15, 0.2) is 0 Å². The van der Waals surface area contributed by atoms with Crippen LogP contribution in [-0.4, -0.2) is 37.7 Å². The lowest BCUT2D eigenvalue weighted by molar-refractivity contribution is -0.144. The molecule has 0 aliphatic heterocycles. The van der Waals surface area contributed by atoms with E-state index in [4.69, 9.17) is 0 Å². The van der Waals surface area contributed by atoms with Gasteiger partial charge in [-0.1, -0.05) is 35.4 Å². The third-order valence-electron chi connectivity index (χ3n) is 1.93. The highest BCUT2D eigenvalue weighted by Crippen LogP contribution is 2.26. The molecule has 0 N–H and O–H groups in total. The van der Waals surface area contributed by atoms with Gasteiger partial charge in [-0.2, -0.15) is 0 Å². The highest BCUT2D eigenvalue weighted by atomic mass is 33.1. The summed E-state index contributed by atoms with van der Waals surface area (Å²) >= 11 is 0. The van der Waals surface area contributed by atoms with Crippen LogP contribution in [0.3, 0.4) is 0 Å². The Balaban J connectivity index is 3.60. The molecule has 0 heterocycles. The van der Waals surface area contributed by atoms with Crippen LogP contribution in [0.5, 0.6) is 0 Å². The molecule has 0 aromatic rings. The van der Waals surface area contributed by atoms with Gasteiger partial charge in [0.05, 0.1) is 26.1 Å². The van der Waals surface area contributed by atoms with Gasteiger partial charge in [-0.3, -0.25) is 9.59 Å². The van der Waals surface area contributed by atoms with Crippen LogP contribution in [0.2, 0.25) is 0 Å². The van der Waals surface area contributed by atoms with Crippen LogP contribution in [-0.2, 0) is 19.1 Å². The molecule has 0 saturated carbocycles. The van der Waals surface area contributed by atoms with Crippen molar-refractivity contribution in [3.8, 4) is 0 Å². The van der Waals surface area contributed by atoms with Crippen LogP contribution in [0, 0.1) is 11.8 Å². The van der Waals surface area contributed by atoms with Crippen molar-refractivity contribution in [1.82, 2.24) is 0 Å². The van der Waals surface area contributed by atoms with Gasteiger partial charge in [-0.25, -0.2) is 0 Å². The highest BCUT2D eigenvalue weighted by Gasteiger charge is 2.15. The standard InChI is InChI=1S/C10H18O4S2/c1-7(9(11)13-3)5-15-16-6-8(2)10(12)14-4/h7-8H,5-6H2,1-4H3. The Morgan fingerprint density at radius 3 is 1.50 bits per heavy atom. The topological polar surface area (TPSA) is 52.6 Å². The zero-order valence-corrected chi connectivity index (χ0v) is 11.7. The molecule has 0 aromatic heterocycles. The van der Waals surface area contributed by atoms with Gasteiger partial charge >= 0.3 is 11.9 Å². The molecule has 4 nitrogen and oxygen atoms in total. The fourth-order valence-electron chi connectivity index (χ4n) is 0.839. The lowest BCUT2D eigenvalue weighted by Crippen LogP contribution is -2.16. The third-order valence-corrected chi connectivity index (χ3v) is 4.68. The number of carbonyl (C=O) groups is 2. The monoisotopic (exact) mass is 266 g/mol. The van der Waals surface area contributed by atoms with Crippen LogP contribution in [0.25, 0.3) is 0 Å². The second-order valence-electron chi connectivity index (χ2n) is 3.42. The van der Waals surface area contributed by atoms with E-state index in [1.54, 1.807) is 21.6 Å². The summed E-state index contributed by atoms with van der Waals surface area (Å²) in [6.07, 6.45) is 0. The molecule has 6 heteroatoms. The Morgan fingerprint density at radius 1 is 0.938 bits per heavy atom. The molecule has 2 atom stereocenters. The highest BCUT2D eigenvalue weighted by molar-refractivity contribution is 8.76. The van der Waals surface area contributed by atoms with Gasteiger partial charge in [0.25, 0.3) is 0 Å². The predicted octanol–water partition coefficient (Wildman–Crippen LogP) is 1.99. The van der Waals surface area contributed by atoms with Crippen molar-refractivity contribution in [2.24, 2.45) is 11.8 Å². The van der Waals surface area contributed by atoms with Gasteiger partial charge in [-0.15, -0.1) is 0 Å². The van der Waals surface area contributed by atoms with Crippen LogP contribution >= 0.6 is 21.6 Å². The van der Waals surface area contributed by atoms with Gasteiger partial charge in [0.2, 0.25) is 0 Å². The van der Waals surface area contributed by atoms with Gasteiger partial charge in [0, 0.05) is 11.5 Å². The quantitative estimate of drug-likeness (QED) is 0.399. The zero-order chi connectivity index (χ0) is 12.6. The molecular weight excluding hydrogens is 248 g/mol. The maximum Gasteiger partial charge on any atom is 0.309 e. The van der Waals surface area contributed by atoms with Gasteiger partial charge in [0.1, 0.15) is 0 Å². The third kappa shape index (κ3) is 6.27. The Morgan fingerprint density at radius 2 is 1.25 bits per heavy atom. The Labute approximate surface area is 104 Å². The Kier molecular flexibility index (Phi) is 8.56. The summed E-state index contributed by atoms with van der Waals surface area (Å²) in [6, 6.07) is 0.